The van der Waals surface area contributed by atoms with E-state index in [1.807, 2.05) is 20.2 Å². The molecule has 136 valence electrons. The first-order valence-electron chi connectivity index (χ1n) is 9.31. The van der Waals surface area contributed by atoms with Gasteiger partial charge < -0.3 is 4.57 Å². The summed E-state index contributed by atoms with van der Waals surface area (Å²) in [5, 5.41) is 0. The molecule has 0 bridgehead atoms. The van der Waals surface area contributed by atoms with Gasteiger partial charge in [0.2, 0.25) is 0 Å². The summed E-state index contributed by atoms with van der Waals surface area (Å²) in [5.74, 6) is 0. The van der Waals surface area contributed by atoms with E-state index in [2.05, 4.69) is 114 Å². The predicted octanol–water partition coefficient (Wildman–Crippen LogP) is 6.06. The van der Waals surface area contributed by atoms with Crippen LogP contribution >= 0.6 is 0 Å². The Bertz CT molecular complexity index is 905. The van der Waals surface area contributed by atoms with E-state index in [0.29, 0.717) is 0 Å². The highest BCUT2D eigenvalue weighted by Crippen LogP contribution is 2.41. The fourth-order valence-corrected chi connectivity index (χ4v) is 3.59. The van der Waals surface area contributed by atoms with Crippen LogP contribution in [0.5, 0.6) is 0 Å². The molecule has 0 aliphatic rings. The van der Waals surface area contributed by atoms with Crippen LogP contribution < -0.4 is 0 Å². The molecule has 0 radical (unpaired) electrons. The third-order valence-corrected chi connectivity index (χ3v) is 4.71. The molecule has 3 rings (SSSR count). The maximum atomic E-state index is 4.55. The van der Waals surface area contributed by atoms with Crippen molar-refractivity contribution in [1.82, 2.24) is 9.55 Å². The minimum absolute atomic E-state index is 0.504. The minimum atomic E-state index is -0.504. The third kappa shape index (κ3) is 3.56. The van der Waals surface area contributed by atoms with Crippen molar-refractivity contribution in [3.8, 4) is 0 Å². The van der Waals surface area contributed by atoms with Gasteiger partial charge in [-0.1, -0.05) is 91.0 Å². The molecule has 27 heavy (non-hydrogen) atoms. The molecule has 2 heteroatoms. The van der Waals surface area contributed by atoms with Crippen LogP contribution in [0.4, 0.5) is 0 Å². The molecule has 2 aromatic carbocycles. The first-order valence-corrected chi connectivity index (χ1v) is 9.31. The molecule has 1 aromatic heterocycles. The Labute approximate surface area is 162 Å². The highest BCUT2D eigenvalue weighted by molar-refractivity contribution is 5.53. The number of benzene rings is 2. The van der Waals surface area contributed by atoms with Gasteiger partial charge in [0, 0.05) is 6.20 Å². The molecule has 3 aromatic rings. The summed E-state index contributed by atoms with van der Waals surface area (Å²) in [5.41, 5.74) is 4.07. The van der Waals surface area contributed by atoms with E-state index in [4.69, 9.17) is 0 Å². The number of rotatable bonds is 6. The summed E-state index contributed by atoms with van der Waals surface area (Å²) in [6.07, 6.45) is 14.7. The number of hydrogen-bond acceptors (Lipinski definition) is 1. The summed E-state index contributed by atoms with van der Waals surface area (Å²) in [6, 6.07) is 21.3. The van der Waals surface area contributed by atoms with Crippen molar-refractivity contribution in [3.63, 3.8) is 0 Å². The van der Waals surface area contributed by atoms with Gasteiger partial charge in [-0.05, 0) is 37.5 Å². The van der Waals surface area contributed by atoms with Crippen LogP contribution in [0.1, 0.15) is 30.7 Å². The van der Waals surface area contributed by atoms with Crippen molar-refractivity contribution < 1.29 is 0 Å². The van der Waals surface area contributed by atoms with Gasteiger partial charge in [-0.2, -0.15) is 0 Å². The van der Waals surface area contributed by atoms with E-state index in [1.54, 1.807) is 0 Å². The Morgan fingerprint density at radius 1 is 0.889 bits per heavy atom. The van der Waals surface area contributed by atoms with E-state index in [9.17, 15) is 0 Å². The maximum absolute atomic E-state index is 4.55. The summed E-state index contributed by atoms with van der Waals surface area (Å²) in [4.78, 5) is 4.55. The lowest BCUT2D eigenvalue weighted by Gasteiger charge is -2.38. The van der Waals surface area contributed by atoms with Crippen molar-refractivity contribution in [2.24, 2.45) is 0 Å². The highest BCUT2D eigenvalue weighted by Gasteiger charge is 2.38. The van der Waals surface area contributed by atoms with Crippen molar-refractivity contribution in [1.29, 1.82) is 0 Å². The van der Waals surface area contributed by atoms with Crippen molar-refractivity contribution in [2.45, 2.75) is 26.3 Å². The summed E-state index contributed by atoms with van der Waals surface area (Å²) >= 11 is 0. The fraction of sp³-hybridized carbons (Fsp3) is 0.160. The predicted molar refractivity (Wildman–Crippen MR) is 114 cm³/mol. The van der Waals surface area contributed by atoms with E-state index >= 15 is 0 Å². The molecular weight excluding hydrogens is 328 g/mol. The number of aryl methyl sites for hydroxylation is 1. The monoisotopic (exact) mass is 354 g/mol. The van der Waals surface area contributed by atoms with Gasteiger partial charge in [0.05, 0.1) is 12.0 Å². The van der Waals surface area contributed by atoms with Crippen LogP contribution in [0.3, 0.4) is 0 Å². The van der Waals surface area contributed by atoms with Gasteiger partial charge in [0.25, 0.3) is 0 Å². The lowest BCUT2D eigenvalue weighted by atomic mass is 9.75. The van der Waals surface area contributed by atoms with Crippen molar-refractivity contribution >= 4 is 0 Å². The second kappa shape index (κ2) is 8.50. The maximum Gasteiger partial charge on any atom is 0.121 e. The number of imidazole rings is 1. The number of hydrogen-bond donors (Lipinski definition) is 0. The van der Waals surface area contributed by atoms with E-state index < -0.39 is 5.54 Å². The fourth-order valence-electron chi connectivity index (χ4n) is 3.59. The minimum Gasteiger partial charge on any atom is -0.319 e. The Morgan fingerprint density at radius 2 is 1.48 bits per heavy atom. The summed E-state index contributed by atoms with van der Waals surface area (Å²) < 4.78 is 2.22. The molecule has 0 saturated carbocycles. The summed E-state index contributed by atoms with van der Waals surface area (Å²) in [7, 11) is 0. The zero-order valence-corrected chi connectivity index (χ0v) is 16.2. The van der Waals surface area contributed by atoms with Crippen LogP contribution in [-0.4, -0.2) is 9.55 Å². The second-order valence-corrected chi connectivity index (χ2v) is 6.51. The Kier molecular flexibility index (Phi) is 5.87. The van der Waals surface area contributed by atoms with Crippen LogP contribution in [-0.2, 0) is 5.54 Å². The molecule has 1 heterocycles. The molecule has 0 spiro atoms. The first-order chi connectivity index (χ1) is 13.2. The van der Waals surface area contributed by atoms with Gasteiger partial charge in [0.1, 0.15) is 5.54 Å². The Morgan fingerprint density at radius 3 is 1.93 bits per heavy atom. The SMILES string of the molecule is C\C=C/C=C(\C=C/C)C(c1ccccc1)(c1ccccc1)n1cnc(C)c1. The zero-order chi connectivity index (χ0) is 19.1. The lowest BCUT2D eigenvalue weighted by molar-refractivity contribution is 0.513. The topological polar surface area (TPSA) is 17.8 Å². The lowest BCUT2D eigenvalue weighted by Crippen LogP contribution is -2.37. The smallest absolute Gasteiger partial charge is 0.121 e. The Hall–Kier alpha value is -3.13. The molecule has 0 unspecified atom stereocenters. The molecule has 2 nitrogen and oxygen atoms in total. The van der Waals surface area contributed by atoms with Crippen LogP contribution in [0.15, 0.2) is 109 Å². The van der Waals surface area contributed by atoms with Crippen LogP contribution in [0, 0.1) is 6.92 Å². The molecule has 0 saturated heterocycles. The van der Waals surface area contributed by atoms with Gasteiger partial charge in [-0.3, -0.25) is 0 Å². The zero-order valence-electron chi connectivity index (χ0n) is 16.2. The summed E-state index contributed by atoms with van der Waals surface area (Å²) in [6.45, 7) is 6.13. The molecule has 0 atom stereocenters. The van der Waals surface area contributed by atoms with Gasteiger partial charge in [-0.15, -0.1) is 0 Å². The molecule has 0 amide bonds. The van der Waals surface area contributed by atoms with Gasteiger partial charge in [0.15, 0.2) is 0 Å². The van der Waals surface area contributed by atoms with Gasteiger partial charge in [-0.25, -0.2) is 4.98 Å². The number of allylic oxidation sites excluding steroid dienone is 6. The normalized spacial score (nSPS) is 12.9. The number of nitrogens with zero attached hydrogens (tertiary/aromatic N) is 2. The van der Waals surface area contributed by atoms with Gasteiger partial charge >= 0.3 is 0 Å². The standard InChI is InChI=1S/C25H26N2/c1-4-6-14-22(13-5-2)25(23-15-9-7-10-16-23,24-17-11-8-12-18-24)27-19-21(3)26-20-27/h4-20H,1-3H3/b6-4-,13-5-,22-14+. The van der Waals surface area contributed by atoms with Crippen molar-refractivity contribution in [2.75, 3.05) is 0 Å². The second-order valence-electron chi connectivity index (χ2n) is 6.51. The quantitative estimate of drug-likeness (QED) is 0.492. The van der Waals surface area contributed by atoms with Crippen LogP contribution in [0.25, 0.3) is 0 Å². The van der Waals surface area contributed by atoms with E-state index in [-0.39, 0.29) is 0 Å². The third-order valence-electron chi connectivity index (χ3n) is 4.71. The number of aromatic nitrogens is 2. The van der Waals surface area contributed by atoms with Crippen molar-refractivity contribution in [3.05, 3.63) is 126 Å². The molecular formula is C25H26N2. The van der Waals surface area contributed by atoms with E-state index in [0.717, 1.165) is 5.69 Å². The molecule has 0 N–H and O–H groups in total. The average Bonchev–Trinajstić information content (AvgIpc) is 3.15. The van der Waals surface area contributed by atoms with E-state index in [1.165, 1.54) is 16.7 Å². The largest absolute Gasteiger partial charge is 0.319 e. The molecule has 0 aliphatic carbocycles. The highest BCUT2D eigenvalue weighted by atomic mass is 15.1. The molecule has 0 aliphatic heterocycles. The average molecular weight is 354 g/mol. The molecule has 0 fully saturated rings. The Balaban J connectivity index is 2.46. The van der Waals surface area contributed by atoms with Crippen LogP contribution in [0.2, 0.25) is 0 Å². The first kappa shape index (κ1) is 18.7.